The van der Waals surface area contributed by atoms with E-state index in [0.717, 1.165) is 11.0 Å². The maximum absolute atomic E-state index is 5.67. The lowest BCUT2D eigenvalue weighted by Crippen LogP contribution is -1.83. The minimum Gasteiger partial charge on any atom is -0.396 e. The van der Waals surface area contributed by atoms with Crippen molar-refractivity contribution in [1.82, 2.24) is 9.97 Å². The molecule has 2 rings (SSSR count). The number of anilines is 1. The van der Waals surface area contributed by atoms with E-state index >= 15 is 0 Å². The third-order valence-corrected chi connectivity index (χ3v) is 1.73. The molecule has 0 atom stereocenters. The lowest BCUT2D eigenvalue weighted by Gasteiger charge is -1.90. The molecule has 11 heavy (non-hydrogen) atoms. The summed E-state index contributed by atoms with van der Waals surface area (Å²) in [6, 6.07) is 3.57. The lowest BCUT2D eigenvalue weighted by atomic mass is 10.4. The predicted octanol–water partition coefficient (Wildman–Crippen LogP) is 1.80. The third kappa shape index (κ3) is 0.935. The van der Waals surface area contributed by atoms with Crippen LogP contribution in [0.4, 0.5) is 5.69 Å². The largest absolute Gasteiger partial charge is 0.396 e. The van der Waals surface area contributed by atoms with Crippen molar-refractivity contribution in [3.8, 4) is 0 Å². The third-order valence-electron chi connectivity index (χ3n) is 1.52. The smallest absolute Gasteiger partial charge is 0.130 e. The summed E-state index contributed by atoms with van der Waals surface area (Å²) in [5, 5.41) is 0.462. The van der Waals surface area contributed by atoms with E-state index < -0.39 is 0 Å². The SMILES string of the molecule is Nc1c[nH]c2ccc(Cl)nc12. The van der Waals surface area contributed by atoms with Gasteiger partial charge in [-0.25, -0.2) is 4.98 Å². The maximum atomic E-state index is 5.67. The van der Waals surface area contributed by atoms with E-state index in [4.69, 9.17) is 17.3 Å². The minimum absolute atomic E-state index is 0.462. The van der Waals surface area contributed by atoms with Gasteiger partial charge >= 0.3 is 0 Å². The fourth-order valence-electron chi connectivity index (χ4n) is 0.996. The number of aromatic amines is 1. The number of H-pyrrole nitrogens is 1. The first kappa shape index (κ1) is 6.49. The standard InChI is InChI=1S/C7H6ClN3/c8-6-2-1-5-7(11-6)4(9)3-10-5/h1-3,10H,9H2. The van der Waals surface area contributed by atoms with E-state index in [2.05, 4.69) is 9.97 Å². The molecule has 0 aromatic carbocycles. The van der Waals surface area contributed by atoms with E-state index in [1.54, 1.807) is 12.3 Å². The van der Waals surface area contributed by atoms with Crippen molar-refractivity contribution in [2.24, 2.45) is 0 Å². The summed E-state index contributed by atoms with van der Waals surface area (Å²) in [4.78, 5) is 7.01. The highest BCUT2D eigenvalue weighted by Gasteiger charge is 2.00. The van der Waals surface area contributed by atoms with Crippen molar-refractivity contribution in [3.63, 3.8) is 0 Å². The normalized spacial score (nSPS) is 10.6. The molecule has 0 bridgehead atoms. The first-order valence-electron chi connectivity index (χ1n) is 3.16. The summed E-state index contributed by atoms with van der Waals surface area (Å²) in [7, 11) is 0. The maximum Gasteiger partial charge on any atom is 0.130 e. The summed E-state index contributed by atoms with van der Waals surface area (Å²) in [6.45, 7) is 0. The average Bonchev–Trinajstić information content (AvgIpc) is 2.33. The molecule has 0 amide bonds. The quantitative estimate of drug-likeness (QED) is 0.588. The van der Waals surface area contributed by atoms with Crippen LogP contribution in [-0.2, 0) is 0 Å². The van der Waals surface area contributed by atoms with Crippen molar-refractivity contribution < 1.29 is 0 Å². The van der Waals surface area contributed by atoms with E-state index in [0.29, 0.717) is 10.8 Å². The molecule has 2 aromatic heterocycles. The van der Waals surface area contributed by atoms with Crippen LogP contribution in [0.5, 0.6) is 0 Å². The molecule has 0 aliphatic carbocycles. The summed E-state index contributed by atoms with van der Waals surface area (Å²) >= 11 is 5.67. The van der Waals surface area contributed by atoms with Crippen LogP contribution >= 0.6 is 11.6 Å². The summed E-state index contributed by atoms with van der Waals surface area (Å²) < 4.78 is 0. The van der Waals surface area contributed by atoms with Crippen LogP contribution in [0.15, 0.2) is 18.3 Å². The molecule has 56 valence electrons. The molecule has 3 N–H and O–H groups in total. The Balaban J connectivity index is 2.87. The number of pyridine rings is 1. The molecule has 0 saturated heterocycles. The lowest BCUT2D eigenvalue weighted by molar-refractivity contribution is 1.41. The molecule has 0 spiro atoms. The second-order valence-electron chi connectivity index (χ2n) is 2.27. The van der Waals surface area contributed by atoms with Gasteiger partial charge in [-0.05, 0) is 12.1 Å². The number of hydrogen-bond donors (Lipinski definition) is 2. The summed E-state index contributed by atoms with van der Waals surface area (Å²) in [5.41, 5.74) is 7.86. The number of nitrogen functional groups attached to an aromatic ring is 1. The summed E-state index contributed by atoms with van der Waals surface area (Å²) in [5.74, 6) is 0. The molecule has 0 unspecified atom stereocenters. The molecule has 0 saturated carbocycles. The van der Waals surface area contributed by atoms with Gasteiger partial charge in [0.25, 0.3) is 0 Å². The highest BCUT2D eigenvalue weighted by atomic mass is 35.5. The molecular formula is C7H6ClN3. The highest BCUT2D eigenvalue weighted by Crippen LogP contribution is 2.19. The minimum atomic E-state index is 0.462. The van der Waals surface area contributed by atoms with Gasteiger partial charge in [0.1, 0.15) is 10.7 Å². The zero-order chi connectivity index (χ0) is 7.84. The molecule has 0 aliphatic heterocycles. The predicted molar refractivity (Wildman–Crippen MR) is 45.5 cm³/mol. The van der Waals surface area contributed by atoms with Crippen LogP contribution in [-0.4, -0.2) is 9.97 Å². The monoisotopic (exact) mass is 167 g/mol. The van der Waals surface area contributed by atoms with Crippen molar-refractivity contribution in [3.05, 3.63) is 23.5 Å². The van der Waals surface area contributed by atoms with Crippen LogP contribution in [0.25, 0.3) is 11.0 Å². The fourth-order valence-corrected chi connectivity index (χ4v) is 1.14. The van der Waals surface area contributed by atoms with Gasteiger partial charge in [0.05, 0.1) is 11.2 Å². The van der Waals surface area contributed by atoms with Crippen LogP contribution in [0.3, 0.4) is 0 Å². The number of nitrogens with two attached hydrogens (primary N) is 1. The number of halogens is 1. The number of nitrogens with zero attached hydrogens (tertiary/aromatic N) is 1. The van der Waals surface area contributed by atoms with Crippen LogP contribution < -0.4 is 5.73 Å². The Hall–Kier alpha value is -1.22. The van der Waals surface area contributed by atoms with Crippen LogP contribution in [0.1, 0.15) is 0 Å². The molecule has 2 heterocycles. The Morgan fingerprint density at radius 2 is 2.27 bits per heavy atom. The van der Waals surface area contributed by atoms with Crippen molar-refractivity contribution in [2.75, 3.05) is 5.73 Å². The van der Waals surface area contributed by atoms with Gasteiger partial charge < -0.3 is 10.7 Å². The van der Waals surface area contributed by atoms with E-state index in [1.165, 1.54) is 0 Å². The van der Waals surface area contributed by atoms with E-state index in [-0.39, 0.29) is 0 Å². The fraction of sp³-hybridized carbons (Fsp3) is 0. The average molecular weight is 168 g/mol. The van der Waals surface area contributed by atoms with Gasteiger partial charge in [-0.3, -0.25) is 0 Å². The van der Waals surface area contributed by atoms with Crippen molar-refractivity contribution >= 4 is 28.3 Å². The van der Waals surface area contributed by atoms with Crippen LogP contribution in [0.2, 0.25) is 5.15 Å². The van der Waals surface area contributed by atoms with Gasteiger partial charge in [0.15, 0.2) is 0 Å². The topological polar surface area (TPSA) is 54.7 Å². The number of aromatic nitrogens is 2. The number of hydrogen-bond acceptors (Lipinski definition) is 2. The Morgan fingerprint density at radius 3 is 3.09 bits per heavy atom. The molecular weight excluding hydrogens is 162 g/mol. The van der Waals surface area contributed by atoms with Crippen molar-refractivity contribution in [1.29, 1.82) is 0 Å². The molecule has 3 nitrogen and oxygen atoms in total. The first-order chi connectivity index (χ1) is 5.27. The molecule has 4 heteroatoms. The summed E-state index contributed by atoms with van der Waals surface area (Å²) in [6.07, 6.45) is 1.70. The zero-order valence-corrected chi connectivity index (χ0v) is 6.39. The molecule has 0 aliphatic rings. The highest BCUT2D eigenvalue weighted by molar-refractivity contribution is 6.29. The Kier molecular flexibility index (Phi) is 1.26. The van der Waals surface area contributed by atoms with Gasteiger partial charge in [0.2, 0.25) is 0 Å². The second-order valence-corrected chi connectivity index (χ2v) is 2.66. The Bertz CT molecular complexity index is 393. The van der Waals surface area contributed by atoms with Gasteiger partial charge in [-0.1, -0.05) is 11.6 Å². The Morgan fingerprint density at radius 1 is 1.45 bits per heavy atom. The molecule has 0 fully saturated rings. The van der Waals surface area contributed by atoms with E-state index in [1.807, 2.05) is 6.07 Å². The Labute approximate surface area is 68.2 Å². The van der Waals surface area contributed by atoms with E-state index in [9.17, 15) is 0 Å². The number of fused-ring (bicyclic) bond motifs is 1. The molecule has 0 radical (unpaired) electrons. The van der Waals surface area contributed by atoms with Crippen molar-refractivity contribution in [2.45, 2.75) is 0 Å². The van der Waals surface area contributed by atoms with Crippen LogP contribution in [0, 0.1) is 0 Å². The van der Waals surface area contributed by atoms with Gasteiger partial charge in [0, 0.05) is 6.20 Å². The molecule has 2 aromatic rings. The van der Waals surface area contributed by atoms with Gasteiger partial charge in [-0.2, -0.15) is 0 Å². The second kappa shape index (κ2) is 2.13. The van der Waals surface area contributed by atoms with Gasteiger partial charge in [-0.15, -0.1) is 0 Å². The first-order valence-corrected chi connectivity index (χ1v) is 3.54. The number of nitrogens with one attached hydrogen (secondary N) is 1. The zero-order valence-electron chi connectivity index (χ0n) is 5.63. The number of rotatable bonds is 0.